The summed E-state index contributed by atoms with van der Waals surface area (Å²) in [5.41, 5.74) is 2.52. The van der Waals surface area contributed by atoms with Crippen LogP contribution in [0.25, 0.3) is 0 Å². The molecular weight excluding hydrogens is 319 g/mol. The van der Waals surface area contributed by atoms with Crippen molar-refractivity contribution in [3.05, 3.63) is 69.7 Å². The first kappa shape index (κ1) is 15.1. The van der Waals surface area contributed by atoms with Gasteiger partial charge in [0.1, 0.15) is 0 Å². The number of rotatable bonds is 3. The molecule has 0 saturated carbocycles. The molecule has 5 heteroatoms. The van der Waals surface area contributed by atoms with Crippen LogP contribution in [-0.2, 0) is 4.79 Å². The number of hydrazone groups is 1. The number of amides is 1. The fourth-order valence-corrected chi connectivity index (χ4v) is 3.03. The van der Waals surface area contributed by atoms with Gasteiger partial charge in [-0.15, -0.1) is 0 Å². The number of carbonyl (C=O) groups is 1. The van der Waals surface area contributed by atoms with Crippen LogP contribution in [0.15, 0.2) is 53.6 Å². The van der Waals surface area contributed by atoms with Gasteiger partial charge in [0.25, 0.3) is 0 Å². The van der Waals surface area contributed by atoms with E-state index in [1.165, 1.54) is 5.01 Å². The van der Waals surface area contributed by atoms with Gasteiger partial charge in [0.2, 0.25) is 5.91 Å². The van der Waals surface area contributed by atoms with Gasteiger partial charge in [-0.3, -0.25) is 4.79 Å². The maximum Gasteiger partial charge on any atom is 0.249 e. The molecule has 2 aromatic rings. The summed E-state index contributed by atoms with van der Waals surface area (Å²) in [7, 11) is 0. The first-order valence-electron chi connectivity index (χ1n) is 6.95. The Kier molecular flexibility index (Phi) is 4.19. The van der Waals surface area contributed by atoms with E-state index in [4.69, 9.17) is 23.2 Å². The summed E-state index contributed by atoms with van der Waals surface area (Å²) in [4.78, 5) is 12.3. The average molecular weight is 333 g/mol. The molecule has 0 bridgehead atoms. The fourth-order valence-electron chi connectivity index (χ4n) is 2.50. The summed E-state index contributed by atoms with van der Waals surface area (Å²) in [6.45, 7) is 1.96. The van der Waals surface area contributed by atoms with Gasteiger partial charge in [0, 0.05) is 15.6 Å². The summed E-state index contributed by atoms with van der Waals surface area (Å²) in [5.74, 6) is -0.0255. The summed E-state index contributed by atoms with van der Waals surface area (Å²) in [6, 6.07) is 14.9. The van der Waals surface area contributed by atoms with Crippen LogP contribution in [0.2, 0.25) is 10.0 Å². The second kappa shape index (κ2) is 6.11. The van der Waals surface area contributed by atoms with Gasteiger partial charge in [-0.2, -0.15) is 5.10 Å². The van der Waals surface area contributed by atoms with Crippen molar-refractivity contribution in [3.8, 4) is 0 Å². The minimum absolute atomic E-state index is 0.0255. The Hall–Kier alpha value is -1.84. The zero-order valence-electron chi connectivity index (χ0n) is 12.0. The third-order valence-corrected chi connectivity index (χ3v) is 4.08. The summed E-state index contributed by atoms with van der Waals surface area (Å²) in [5, 5.41) is 7.08. The Morgan fingerprint density at radius 2 is 1.73 bits per heavy atom. The lowest BCUT2D eigenvalue weighted by Gasteiger charge is -2.20. The molecule has 1 aliphatic rings. The standard InChI is InChI=1S/C17H14Cl2N2O/c1-11(12-5-3-2-4-6-12)21-17(22)10-16(20-21)13-7-14(18)9-15(19)8-13/h2-9,11H,10H2,1H3. The second-order valence-corrected chi connectivity index (χ2v) is 6.08. The molecule has 0 N–H and O–H groups in total. The zero-order chi connectivity index (χ0) is 15.7. The van der Waals surface area contributed by atoms with Crippen LogP contribution in [0.4, 0.5) is 0 Å². The van der Waals surface area contributed by atoms with Crippen molar-refractivity contribution < 1.29 is 4.79 Å². The summed E-state index contributed by atoms with van der Waals surface area (Å²) < 4.78 is 0. The average Bonchev–Trinajstić information content (AvgIpc) is 2.88. The minimum atomic E-state index is -0.110. The molecule has 0 spiro atoms. The Morgan fingerprint density at radius 1 is 1.09 bits per heavy atom. The van der Waals surface area contributed by atoms with Crippen molar-refractivity contribution in [3.63, 3.8) is 0 Å². The highest BCUT2D eigenvalue weighted by molar-refractivity contribution is 6.35. The first-order valence-corrected chi connectivity index (χ1v) is 7.71. The van der Waals surface area contributed by atoms with E-state index < -0.39 is 0 Å². The molecule has 1 heterocycles. The van der Waals surface area contributed by atoms with Crippen LogP contribution in [0.3, 0.4) is 0 Å². The van der Waals surface area contributed by atoms with E-state index in [2.05, 4.69) is 5.10 Å². The van der Waals surface area contributed by atoms with Crippen LogP contribution in [-0.4, -0.2) is 16.6 Å². The SMILES string of the molecule is CC(c1ccccc1)N1N=C(c2cc(Cl)cc(Cl)c2)CC1=O. The van der Waals surface area contributed by atoms with Crippen LogP contribution in [0.5, 0.6) is 0 Å². The van der Waals surface area contributed by atoms with Crippen LogP contribution >= 0.6 is 23.2 Å². The van der Waals surface area contributed by atoms with Crippen molar-refractivity contribution in [2.75, 3.05) is 0 Å². The Balaban J connectivity index is 1.91. The highest BCUT2D eigenvalue weighted by Gasteiger charge is 2.29. The third-order valence-electron chi connectivity index (χ3n) is 3.65. The molecular formula is C17H14Cl2N2O. The van der Waals surface area contributed by atoms with Gasteiger partial charge in [-0.05, 0) is 30.7 Å². The lowest BCUT2D eigenvalue weighted by molar-refractivity contribution is -0.130. The summed E-state index contributed by atoms with van der Waals surface area (Å²) >= 11 is 12.0. The molecule has 0 aliphatic carbocycles. The van der Waals surface area contributed by atoms with Gasteiger partial charge in [0.15, 0.2) is 0 Å². The number of benzene rings is 2. The van der Waals surface area contributed by atoms with Crippen molar-refractivity contribution in [1.29, 1.82) is 0 Å². The predicted octanol–water partition coefficient (Wildman–Crippen LogP) is 4.69. The largest absolute Gasteiger partial charge is 0.272 e. The lowest BCUT2D eigenvalue weighted by atomic mass is 10.1. The topological polar surface area (TPSA) is 32.7 Å². The monoisotopic (exact) mass is 332 g/mol. The van der Waals surface area contributed by atoms with Crippen LogP contribution in [0, 0.1) is 0 Å². The first-order chi connectivity index (χ1) is 10.5. The molecule has 3 nitrogen and oxygen atoms in total. The molecule has 3 rings (SSSR count). The van der Waals surface area contributed by atoms with Gasteiger partial charge in [-0.25, -0.2) is 5.01 Å². The van der Waals surface area contributed by atoms with E-state index >= 15 is 0 Å². The minimum Gasteiger partial charge on any atom is -0.272 e. The predicted molar refractivity (Wildman–Crippen MR) is 89.3 cm³/mol. The number of hydrogen-bond donors (Lipinski definition) is 0. The molecule has 112 valence electrons. The number of halogens is 2. The lowest BCUT2D eigenvalue weighted by Crippen LogP contribution is -2.24. The van der Waals surface area contributed by atoms with E-state index in [0.29, 0.717) is 15.8 Å². The van der Waals surface area contributed by atoms with Gasteiger partial charge >= 0.3 is 0 Å². The third kappa shape index (κ3) is 3.01. The van der Waals surface area contributed by atoms with E-state index in [0.717, 1.165) is 11.1 Å². The van der Waals surface area contributed by atoms with Crippen molar-refractivity contribution in [1.82, 2.24) is 5.01 Å². The molecule has 0 fully saturated rings. The molecule has 2 aromatic carbocycles. The second-order valence-electron chi connectivity index (χ2n) is 5.21. The number of nitrogens with zero attached hydrogens (tertiary/aromatic N) is 2. The molecule has 22 heavy (non-hydrogen) atoms. The number of carbonyl (C=O) groups excluding carboxylic acids is 1. The highest BCUT2D eigenvalue weighted by Crippen LogP contribution is 2.28. The van der Waals surface area contributed by atoms with Crippen LogP contribution < -0.4 is 0 Å². The molecule has 1 amide bonds. The van der Waals surface area contributed by atoms with Gasteiger partial charge < -0.3 is 0 Å². The smallest absolute Gasteiger partial charge is 0.249 e. The molecule has 1 unspecified atom stereocenters. The summed E-state index contributed by atoms with van der Waals surface area (Å²) in [6.07, 6.45) is 0.258. The fraction of sp³-hybridized carbons (Fsp3) is 0.176. The van der Waals surface area contributed by atoms with Crippen molar-refractivity contribution in [2.24, 2.45) is 5.10 Å². The van der Waals surface area contributed by atoms with E-state index in [1.54, 1.807) is 18.2 Å². The zero-order valence-corrected chi connectivity index (χ0v) is 13.5. The quantitative estimate of drug-likeness (QED) is 0.802. The molecule has 0 saturated heterocycles. The maximum atomic E-state index is 12.3. The normalized spacial score (nSPS) is 15.9. The van der Waals surface area contributed by atoms with Crippen LogP contribution in [0.1, 0.15) is 30.5 Å². The molecule has 0 radical (unpaired) electrons. The Morgan fingerprint density at radius 3 is 2.36 bits per heavy atom. The Bertz CT molecular complexity index is 723. The molecule has 0 aromatic heterocycles. The number of hydrogen-bond acceptors (Lipinski definition) is 2. The highest BCUT2D eigenvalue weighted by atomic mass is 35.5. The van der Waals surface area contributed by atoms with E-state index in [-0.39, 0.29) is 18.4 Å². The van der Waals surface area contributed by atoms with Gasteiger partial charge in [0.05, 0.1) is 18.2 Å². The van der Waals surface area contributed by atoms with Crippen molar-refractivity contribution in [2.45, 2.75) is 19.4 Å². The Labute approximate surface area is 139 Å². The molecule has 1 atom stereocenters. The van der Waals surface area contributed by atoms with Gasteiger partial charge in [-0.1, -0.05) is 53.5 Å². The van der Waals surface area contributed by atoms with E-state index in [9.17, 15) is 4.79 Å². The maximum absolute atomic E-state index is 12.3. The molecule has 1 aliphatic heterocycles. The van der Waals surface area contributed by atoms with Crippen molar-refractivity contribution >= 4 is 34.8 Å². The van der Waals surface area contributed by atoms with E-state index in [1.807, 2.05) is 37.3 Å².